The molecule has 8 heteroatoms. The SMILES string of the molecule is N#[N+]C=C(O)NCC(=O)NCC(N)=O. The van der Waals surface area contributed by atoms with E-state index in [2.05, 4.69) is 15.6 Å². The molecule has 14 heavy (non-hydrogen) atoms. The van der Waals surface area contributed by atoms with Crippen molar-refractivity contribution in [1.29, 1.82) is 5.39 Å². The molecule has 76 valence electrons. The first-order chi connectivity index (χ1) is 6.56. The van der Waals surface area contributed by atoms with Crippen LogP contribution in [0.2, 0.25) is 0 Å². The number of nitrogens with one attached hydrogen (secondary N) is 2. The van der Waals surface area contributed by atoms with Crippen molar-refractivity contribution in [2.75, 3.05) is 13.1 Å². The Hall–Kier alpha value is -2.30. The van der Waals surface area contributed by atoms with Crippen LogP contribution in [0, 0.1) is 5.39 Å². The fourth-order valence-electron chi connectivity index (χ4n) is 0.519. The Balaban J connectivity index is 3.70. The molecule has 0 radical (unpaired) electrons. The highest BCUT2D eigenvalue weighted by atomic mass is 16.3. The van der Waals surface area contributed by atoms with Crippen LogP contribution < -0.4 is 16.4 Å². The Morgan fingerprint density at radius 3 is 2.57 bits per heavy atom. The highest BCUT2D eigenvalue weighted by Crippen LogP contribution is 1.80. The third-order valence-corrected chi connectivity index (χ3v) is 1.07. The van der Waals surface area contributed by atoms with E-state index in [-0.39, 0.29) is 13.1 Å². The van der Waals surface area contributed by atoms with E-state index in [0.29, 0.717) is 6.20 Å². The highest BCUT2D eigenvalue weighted by Gasteiger charge is 2.04. The number of carbonyl (C=O) groups excluding carboxylic acids is 2. The number of hydrogen-bond donors (Lipinski definition) is 4. The number of hydrogen-bond acceptors (Lipinski definition) is 5. The molecule has 5 N–H and O–H groups in total. The van der Waals surface area contributed by atoms with Gasteiger partial charge in [-0.05, 0) is 0 Å². The average molecular weight is 200 g/mol. The first kappa shape index (κ1) is 11.7. The Morgan fingerprint density at radius 2 is 2.07 bits per heavy atom. The van der Waals surface area contributed by atoms with Crippen molar-refractivity contribution in [2.45, 2.75) is 0 Å². The third kappa shape index (κ3) is 6.41. The fraction of sp³-hybridized carbons (Fsp3) is 0.333. The van der Waals surface area contributed by atoms with Crippen LogP contribution >= 0.6 is 0 Å². The van der Waals surface area contributed by atoms with Gasteiger partial charge in [0.1, 0.15) is 0 Å². The number of aliphatic hydroxyl groups is 1. The second kappa shape index (κ2) is 6.24. The molecule has 0 aromatic carbocycles. The van der Waals surface area contributed by atoms with Crippen molar-refractivity contribution in [3.05, 3.63) is 17.1 Å². The van der Waals surface area contributed by atoms with E-state index in [0.717, 1.165) is 0 Å². The van der Waals surface area contributed by atoms with E-state index in [1.54, 1.807) is 0 Å². The van der Waals surface area contributed by atoms with Crippen LogP contribution in [0.3, 0.4) is 0 Å². The van der Waals surface area contributed by atoms with Crippen LogP contribution in [0.25, 0.3) is 4.98 Å². The lowest BCUT2D eigenvalue weighted by Crippen LogP contribution is -2.38. The molecular formula is C6H10N5O3+. The standard InChI is InChI=1S/C6H9N5O3/c7-4(12)1-9-5(13)2-10-6(14)3-11-8/h3,10H,1-2H2,(H3-,7,9,12,13,14)/p+1. The topological polar surface area (TPSA) is 133 Å². The number of nitrogens with zero attached hydrogens (tertiary/aromatic N) is 2. The molecule has 0 saturated carbocycles. The summed E-state index contributed by atoms with van der Waals surface area (Å²) in [6.45, 7) is -0.527. The zero-order valence-electron chi connectivity index (χ0n) is 7.23. The van der Waals surface area contributed by atoms with E-state index in [1.165, 1.54) is 0 Å². The van der Waals surface area contributed by atoms with Gasteiger partial charge in [-0.3, -0.25) is 9.59 Å². The summed E-state index contributed by atoms with van der Waals surface area (Å²) in [5, 5.41) is 21.1. The van der Waals surface area contributed by atoms with Crippen LogP contribution in [0.4, 0.5) is 0 Å². The lowest BCUT2D eigenvalue weighted by Gasteiger charge is -2.02. The molecule has 0 rings (SSSR count). The minimum atomic E-state index is -0.663. The number of diazo groups is 1. The maximum absolute atomic E-state index is 10.8. The quantitative estimate of drug-likeness (QED) is 0.313. The van der Waals surface area contributed by atoms with E-state index < -0.39 is 17.7 Å². The van der Waals surface area contributed by atoms with Crippen LogP contribution in [-0.4, -0.2) is 30.0 Å². The van der Waals surface area contributed by atoms with Crippen LogP contribution in [0.15, 0.2) is 12.1 Å². The molecular weight excluding hydrogens is 190 g/mol. The summed E-state index contributed by atoms with van der Waals surface area (Å²) in [6, 6.07) is 0. The Kier molecular flexibility index (Phi) is 5.22. The number of primary amides is 1. The smallest absolute Gasteiger partial charge is 0.409 e. The Labute approximate surface area is 79.4 Å². The van der Waals surface area contributed by atoms with Crippen LogP contribution in [0.5, 0.6) is 0 Å². The lowest BCUT2D eigenvalue weighted by molar-refractivity contribution is -0.124. The van der Waals surface area contributed by atoms with Gasteiger partial charge < -0.3 is 21.5 Å². The molecule has 0 aliphatic heterocycles. The van der Waals surface area contributed by atoms with Gasteiger partial charge in [-0.15, -0.1) is 0 Å². The minimum absolute atomic E-state index is 0.259. The van der Waals surface area contributed by atoms with Crippen molar-refractivity contribution in [3.63, 3.8) is 0 Å². The van der Waals surface area contributed by atoms with E-state index in [9.17, 15) is 9.59 Å². The lowest BCUT2D eigenvalue weighted by atomic mass is 10.5. The summed E-state index contributed by atoms with van der Waals surface area (Å²) >= 11 is 0. The monoisotopic (exact) mass is 200 g/mol. The molecule has 2 amide bonds. The number of amides is 2. The summed E-state index contributed by atoms with van der Waals surface area (Å²) in [5.41, 5.74) is 4.76. The molecule has 0 spiro atoms. The first-order valence-corrected chi connectivity index (χ1v) is 3.58. The minimum Gasteiger partial charge on any atom is -0.490 e. The summed E-state index contributed by atoms with van der Waals surface area (Å²) in [7, 11) is 0. The van der Waals surface area contributed by atoms with Crippen molar-refractivity contribution < 1.29 is 14.7 Å². The van der Waals surface area contributed by atoms with Gasteiger partial charge in [0.25, 0.3) is 5.88 Å². The molecule has 0 saturated heterocycles. The average Bonchev–Trinajstić information content (AvgIpc) is 2.12. The van der Waals surface area contributed by atoms with Crippen LogP contribution in [0.1, 0.15) is 0 Å². The molecule has 8 nitrogen and oxygen atoms in total. The molecule has 0 heterocycles. The van der Waals surface area contributed by atoms with Gasteiger partial charge in [0.15, 0.2) is 4.98 Å². The van der Waals surface area contributed by atoms with Gasteiger partial charge in [0.05, 0.1) is 13.1 Å². The van der Waals surface area contributed by atoms with Crippen molar-refractivity contribution >= 4 is 11.8 Å². The number of rotatable bonds is 5. The van der Waals surface area contributed by atoms with Gasteiger partial charge in [-0.1, -0.05) is 0 Å². The Morgan fingerprint density at radius 1 is 1.43 bits per heavy atom. The second-order valence-electron chi connectivity index (χ2n) is 2.23. The molecule has 0 aliphatic carbocycles. The molecule has 0 aliphatic rings. The van der Waals surface area contributed by atoms with E-state index in [1.807, 2.05) is 0 Å². The summed E-state index contributed by atoms with van der Waals surface area (Å²) < 4.78 is 0. The number of aliphatic hydroxyl groups excluding tert-OH is 1. The van der Waals surface area contributed by atoms with Gasteiger partial charge >= 0.3 is 6.20 Å². The molecule has 0 aromatic rings. The predicted octanol–water partition coefficient (Wildman–Crippen LogP) is -1.61. The first-order valence-electron chi connectivity index (χ1n) is 3.58. The van der Waals surface area contributed by atoms with Crippen molar-refractivity contribution in [3.8, 4) is 0 Å². The fourth-order valence-corrected chi connectivity index (χ4v) is 0.519. The maximum Gasteiger partial charge on any atom is 0.409 e. The normalized spacial score (nSPS) is 10.1. The van der Waals surface area contributed by atoms with Gasteiger partial charge in [-0.25, -0.2) is 0 Å². The van der Waals surface area contributed by atoms with Crippen molar-refractivity contribution in [2.24, 2.45) is 5.73 Å². The number of nitrogens with two attached hydrogens (primary N) is 1. The summed E-state index contributed by atoms with van der Waals surface area (Å²) in [5.74, 6) is -1.66. The molecule has 0 aromatic heterocycles. The largest absolute Gasteiger partial charge is 0.490 e. The van der Waals surface area contributed by atoms with Gasteiger partial charge in [0.2, 0.25) is 17.2 Å². The van der Waals surface area contributed by atoms with E-state index in [4.69, 9.17) is 16.2 Å². The maximum atomic E-state index is 10.8. The molecule has 0 unspecified atom stereocenters. The van der Waals surface area contributed by atoms with Gasteiger partial charge in [0, 0.05) is 0 Å². The highest BCUT2D eigenvalue weighted by molar-refractivity contribution is 5.84. The van der Waals surface area contributed by atoms with Gasteiger partial charge in [-0.2, -0.15) is 0 Å². The zero-order chi connectivity index (χ0) is 11.0. The zero-order valence-corrected chi connectivity index (χ0v) is 7.23. The van der Waals surface area contributed by atoms with E-state index >= 15 is 0 Å². The van der Waals surface area contributed by atoms with Crippen LogP contribution in [-0.2, 0) is 9.59 Å². The summed E-state index contributed by atoms with van der Waals surface area (Å²) in [6.07, 6.45) is 0.710. The summed E-state index contributed by atoms with van der Waals surface area (Å²) in [4.78, 5) is 23.6. The molecule has 0 atom stereocenters. The third-order valence-electron chi connectivity index (χ3n) is 1.07. The molecule has 0 fully saturated rings. The molecule has 0 bridgehead atoms. The number of carbonyl (C=O) groups is 2. The predicted molar refractivity (Wildman–Crippen MR) is 46.0 cm³/mol. The Bertz CT molecular complexity index is 292. The second-order valence-corrected chi connectivity index (χ2v) is 2.23. The van der Waals surface area contributed by atoms with Crippen molar-refractivity contribution in [1.82, 2.24) is 10.6 Å².